The number of aromatic nitrogens is 2. The van der Waals surface area contributed by atoms with Crippen LogP contribution >= 0.6 is 11.3 Å². The minimum absolute atomic E-state index is 0.0696. The predicted molar refractivity (Wildman–Crippen MR) is 111 cm³/mol. The number of anilines is 1. The Kier molecular flexibility index (Phi) is 5.10. The van der Waals surface area contributed by atoms with Crippen molar-refractivity contribution in [2.45, 2.75) is 6.04 Å². The van der Waals surface area contributed by atoms with Gasteiger partial charge in [0.25, 0.3) is 0 Å². The molecule has 2 heterocycles. The first-order valence-electron chi connectivity index (χ1n) is 8.74. The number of hydrogen-bond donors (Lipinski definition) is 3. The molecule has 7 heteroatoms. The van der Waals surface area contributed by atoms with E-state index < -0.39 is 0 Å². The molecule has 142 valence electrons. The van der Waals surface area contributed by atoms with Gasteiger partial charge in [-0.15, -0.1) is 11.3 Å². The number of nitrogens with zero attached hydrogens (tertiary/aromatic N) is 2. The number of ether oxygens (including phenoxy) is 1. The Morgan fingerprint density at radius 3 is 2.68 bits per heavy atom. The molecule has 3 N–H and O–H groups in total. The van der Waals surface area contributed by atoms with Crippen LogP contribution in [0.3, 0.4) is 0 Å². The van der Waals surface area contributed by atoms with Crippen LogP contribution in [-0.4, -0.2) is 33.9 Å². The molecule has 0 saturated heterocycles. The highest BCUT2D eigenvalue weighted by molar-refractivity contribution is 7.22. The average Bonchev–Trinajstić information content (AvgIpc) is 3.16. The van der Waals surface area contributed by atoms with Crippen LogP contribution in [0.4, 0.5) is 5.82 Å². The number of aliphatic hydroxyl groups excluding tert-OH is 1. The Bertz CT molecular complexity index is 1100. The summed E-state index contributed by atoms with van der Waals surface area (Å²) in [5.41, 5.74) is 1.59. The van der Waals surface area contributed by atoms with Gasteiger partial charge < -0.3 is 20.3 Å². The molecule has 0 unspecified atom stereocenters. The van der Waals surface area contributed by atoms with E-state index in [0.29, 0.717) is 17.1 Å². The van der Waals surface area contributed by atoms with Gasteiger partial charge in [0.2, 0.25) is 0 Å². The monoisotopic (exact) mass is 393 g/mol. The highest BCUT2D eigenvalue weighted by atomic mass is 32.1. The molecule has 0 aliphatic rings. The van der Waals surface area contributed by atoms with E-state index in [1.54, 1.807) is 19.2 Å². The third-order valence-electron chi connectivity index (χ3n) is 4.50. The van der Waals surface area contributed by atoms with Gasteiger partial charge in [0.15, 0.2) is 0 Å². The van der Waals surface area contributed by atoms with Crippen LogP contribution in [0.1, 0.15) is 11.6 Å². The third kappa shape index (κ3) is 3.37. The Morgan fingerprint density at radius 1 is 1.11 bits per heavy atom. The molecule has 1 atom stereocenters. The van der Waals surface area contributed by atoms with Gasteiger partial charge in [-0.05, 0) is 23.8 Å². The number of phenolic OH excluding ortho intramolecular Hbond substituents is 1. The third-order valence-corrected chi connectivity index (χ3v) is 5.56. The first-order chi connectivity index (χ1) is 13.7. The summed E-state index contributed by atoms with van der Waals surface area (Å²) in [5, 5.41) is 24.3. The number of benzene rings is 2. The molecular weight excluding hydrogens is 374 g/mol. The molecule has 0 bridgehead atoms. The number of nitrogens with one attached hydrogen (secondary N) is 1. The molecule has 0 radical (unpaired) electrons. The van der Waals surface area contributed by atoms with Gasteiger partial charge in [-0.1, -0.05) is 36.4 Å². The fourth-order valence-corrected chi connectivity index (χ4v) is 4.17. The highest BCUT2D eigenvalue weighted by Crippen LogP contribution is 2.43. The molecule has 6 nitrogen and oxygen atoms in total. The lowest BCUT2D eigenvalue weighted by molar-refractivity contribution is 0.276. The van der Waals surface area contributed by atoms with Crippen LogP contribution in [-0.2, 0) is 0 Å². The minimum Gasteiger partial charge on any atom is -0.507 e. The predicted octanol–water partition coefficient (Wildman–Crippen LogP) is 4.22. The molecular formula is C21H19N3O3S. The molecule has 4 aromatic rings. The summed E-state index contributed by atoms with van der Waals surface area (Å²) >= 11 is 1.45. The van der Waals surface area contributed by atoms with Gasteiger partial charge in [-0.3, -0.25) is 0 Å². The summed E-state index contributed by atoms with van der Waals surface area (Å²) in [6.07, 6.45) is 1.49. The highest BCUT2D eigenvalue weighted by Gasteiger charge is 2.18. The number of rotatable bonds is 6. The van der Waals surface area contributed by atoms with Gasteiger partial charge in [0.05, 0.1) is 30.7 Å². The second-order valence-corrected chi connectivity index (χ2v) is 7.23. The number of fused-ring (bicyclic) bond motifs is 1. The number of methoxy groups -OCH3 is 1. The largest absolute Gasteiger partial charge is 0.507 e. The van der Waals surface area contributed by atoms with Crippen LogP contribution < -0.4 is 10.1 Å². The van der Waals surface area contributed by atoms with Gasteiger partial charge in [-0.2, -0.15) is 0 Å². The number of aromatic hydroxyl groups is 1. The van der Waals surface area contributed by atoms with Crippen LogP contribution in [0.15, 0.2) is 60.9 Å². The summed E-state index contributed by atoms with van der Waals surface area (Å²) in [5.74, 6) is 1.36. The smallest absolute Gasteiger partial charge is 0.138 e. The topological polar surface area (TPSA) is 87.5 Å². The molecule has 0 aliphatic carbocycles. The van der Waals surface area contributed by atoms with Crippen molar-refractivity contribution in [2.75, 3.05) is 19.0 Å². The Balaban J connectivity index is 1.76. The summed E-state index contributed by atoms with van der Waals surface area (Å²) < 4.78 is 5.41. The number of phenols is 1. The summed E-state index contributed by atoms with van der Waals surface area (Å²) in [7, 11) is 1.57. The second-order valence-electron chi connectivity index (χ2n) is 6.20. The molecule has 0 aliphatic heterocycles. The minimum atomic E-state index is -0.290. The van der Waals surface area contributed by atoms with E-state index in [1.807, 2.05) is 42.5 Å². The molecule has 2 aromatic heterocycles. The quantitative estimate of drug-likeness (QED) is 0.455. The fourth-order valence-electron chi connectivity index (χ4n) is 3.12. The number of thiophene rings is 1. The summed E-state index contributed by atoms with van der Waals surface area (Å²) in [6.45, 7) is -0.0696. The number of aliphatic hydroxyl groups is 1. The van der Waals surface area contributed by atoms with Crippen molar-refractivity contribution in [3.8, 4) is 21.9 Å². The van der Waals surface area contributed by atoms with E-state index in [4.69, 9.17) is 4.74 Å². The zero-order valence-corrected chi connectivity index (χ0v) is 16.0. The van der Waals surface area contributed by atoms with Crippen LogP contribution in [0.2, 0.25) is 0 Å². The number of hydrogen-bond acceptors (Lipinski definition) is 7. The van der Waals surface area contributed by atoms with Crippen molar-refractivity contribution in [2.24, 2.45) is 0 Å². The lowest BCUT2D eigenvalue weighted by Gasteiger charge is -2.17. The van der Waals surface area contributed by atoms with Crippen molar-refractivity contribution in [3.63, 3.8) is 0 Å². The maximum atomic E-state index is 10.3. The van der Waals surface area contributed by atoms with Gasteiger partial charge in [0, 0.05) is 4.88 Å². The maximum absolute atomic E-state index is 10.3. The van der Waals surface area contributed by atoms with E-state index >= 15 is 0 Å². The lowest BCUT2D eigenvalue weighted by atomic mass is 10.1. The normalized spacial score (nSPS) is 12.1. The van der Waals surface area contributed by atoms with Crippen LogP contribution in [0.5, 0.6) is 11.5 Å². The zero-order chi connectivity index (χ0) is 19.5. The van der Waals surface area contributed by atoms with Crippen molar-refractivity contribution >= 4 is 27.4 Å². The maximum Gasteiger partial charge on any atom is 0.138 e. The summed E-state index contributed by atoms with van der Waals surface area (Å²) in [4.78, 5) is 10.3. The van der Waals surface area contributed by atoms with E-state index in [9.17, 15) is 10.2 Å². The first kappa shape index (κ1) is 18.2. The first-order valence-corrected chi connectivity index (χ1v) is 9.56. The van der Waals surface area contributed by atoms with Crippen molar-refractivity contribution in [1.29, 1.82) is 0 Å². The van der Waals surface area contributed by atoms with Crippen LogP contribution in [0, 0.1) is 0 Å². The van der Waals surface area contributed by atoms with Gasteiger partial charge >= 0.3 is 0 Å². The van der Waals surface area contributed by atoms with Crippen LogP contribution in [0.25, 0.3) is 20.7 Å². The fraction of sp³-hybridized carbons (Fsp3) is 0.143. The summed E-state index contributed by atoms with van der Waals surface area (Å²) in [6, 6.07) is 16.5. The standard InChI is InChI=1S/C21H19N3O3S/c1-27-17-9-5-8-16(26)19(17)18-10-14-20(22-12-23-21(14)28-18)24-15(11-25)13-6-3-2-4-7-13/h2-10,12,15,25-26H,11H2,1H3,(H,22,23,24)/t15-/m1/s1. The van der Waals surface area contributed by atoms with E-state index in [-0.39, 0.29) is 18.4 Å². The molecule has 4 rings (SSSR count). The Morgan fingerprint density at radius 2 is 1.93 bits per heavy atom. The molecule has 0 spiro atoms. The van der Waals surface area contributed by atoms with Gasteiger partial charge in [-0.25, -0.2) is 9.97 Å². The molecule has 0 amide bonds. The van der Waals surface area contributed by atoms with E-state index in [0.717, 1.165) is 20.7 Å². The van der Waals surface area contributed by atoms with Crippen molar-refractivity contribution in [1.82, 2.24) is 9.97 Å². The zero-order valence-electron chi connectivity index (χ0n) is 15.2. The molecule has 28 heavy (non-hydrogen) atoms. The van der Waals surface area contributed by atoms with E-state index in [1.165, 1.54) is 17.7 Å². The average molecular weight is 393 g/mol. The van der Waals surface area contributed by atoms with Crippen molar-refractivity contribution in [3.05, 3.63) is 66.5 Å². The van der Waals surface area contributed by atoms with Crippen molar-refractivity contribution < 1.29 is 14.9 Å². The molecule has 0 fully saturated rings. The molecule has 2 aromatic carbocycles. The van der Waals surface area contributed by atoms with Gasteiger partial charge in [0.1, 0.15) is 28.5 Å². The van der Waals surface area contributed by atoms with E-state index in [2.05, 4.69) is 15.3 Å². The lowest BCUT2D eigenvalue weighted by Crippen LogP contribution is -2.15. The second kappa shape index (κ2) is 7.84. The SMILES string of the molecule is COc1cccc(O)c1-c1cc2c(N[C@H](CO)c3ccccc3)ncnc2s1. The Hall–Kier alpha value is -3.16. The Labute approximate surface area is 166 Å². The molecule has 0 saturated carbocycles.